The molecule has 0 aliphatic rings. The molecule has 0 unspecified atom stereocenters. The van der Waals surface area contributed by atoms with Gasteiger partial charge in [0.15, 0.2) is 0 Å². The monoisotopic (exact) mass is 139 g/mol. The Kier molecular flexibility index (Phi) is 1.90. The molecule has 0 amide bonds. The highest BCUT2D eigenvalue weighted by atomic mass is 19.2. The van der Waals surface area contributed by atoms with E-state index < -0.39 is 0 Å². The van der Waals surface area contributed by atoms with Crippen LogP contribution < -0.4 is 5.54 Å². The highest BCUT2D eigenvalue weighted by Crippen LogP contribution is 2.15. The first kappa shape index (κ1) is 7.06. The van der Waals surface area contributed by atoms with Gasteiger partial charge < -0.3 is 0 Å². The van der Waals surface area contributed by atoms with Crippen molar-refractivity contribution in [2.75, 3.05) is 5.54 Å². The SMILES string of the molecule is Cc1ccc(C)c(NF)c1. The third-order valence-corrected chi connectivity index (χ3v) is 1.49. The molecule has 0 saturated carbocycles. The molecular formula is C8H10FN. The van der Waals surface area contributed by atoms with Gasteiger partial charge in [0.1, 0.15) is 0 Å². The third kappa shape index (κ3) is 1.26. The van der Waals surface area contributed by atoms with Crippen LogP contribution in [-0.4, -0.2) is 0 Å². The molecule has 1 rings (SSSR count). The second-order valence-corrected chi connectivity index (χ2v) is 2.41. The summed E-state index contributed by atoms with van der Waals surface area (Å²) in [4.78, 5) is 0. The number of anilines is 1. The predicted molar refractivity (Wildman–Crippen MR) is 40.6 cm³/mol. The topological polar surface area (TPSA) is 12.0 Å². The second kappa shape index (κ2) is 2.69. The summed E-state index contributed by atoms with van der Waals surface area (Å²) in [5.74, 6) is 0. The first-order valence-electron chi connectivity index (χ1n) is 3.18. The van der Waals surface area contributed by atoms with Crippen LogP contribution in [-0.2, 0) is 0 Å². The van der Waals surface area contributed by atoms with Crippen LogP contribution in [0.2, 0.25) is 0 Å². The van der Waals surface area contributed by atoms with E-state index >= 15 is 0 Å². The van der Waals surface area contributed by atoms with Gasteiger partial charge >= 0.3 is 0 Å². The van der Waals surface area contributed by atoms with Crippen LogP contribution in [0.4, 0.5) is 10.2 Å². The van der Waals surface area contributed by atoms with Crippen LogP contribution in [0.5, 0.6) is 0 Å². The van der Waals surface area contributed by atoms with Crippen molar-refractivity contribution < 1.29 is 4.48 Å². The Morgan fingerprint density at radius 3 is 2.50 bits per heavy atom. The van der Waals surface area contributed by atoms with Gasteiger partial charge in [0.05, 0.1) is 5.69 Å². The highest BCUT2D eigenvalue weighted by Gasteiger charge is 1.94. The average Bonchev–Trinajstić information content (AvgIpc) is 1.94. The molecule has 2 heteroatoms. The standard InChI is InChI=1S/C8H10FN/c1-6-3-4-7(2)8(5-6)10-9/h3-5,10H,1-2H3. The smallest absolute Gasteiger partial charge is 0.0687 e. The molecule has 0 bridgehead atoms. The first-order chi connectivity index (χ1) is 4.74. The summed E-state index contributed by atoms with van der Waals surface area (Å²) >= 11 is 0. The van der Waals surface area contributed by atoms with Crippen molar-refractivity contribution in [1.29, 1.82) is 0 Å². The quantitative estimate of drug-likeness (QED) is 0.590. The molecule has 0 spiro atoms. The molecule has 1 N–H and O–H groups in total. The predicted octanol–water partition coefficient (Wildman–Crippen LogP) is 2.60. The molecule has 0 aliphatic heterocycles. The molecular weight excluding hydrogens is 129 g/mol. The van der Waals surface area contributed by atoms with Crippen LogP contribution in [0.3, 0.4) is 0 Å². The minimum atomic E-state index is 0.556. The second-order valence-electron chi connectivity index (χ2n) is 2.41. The Morgan fingerprint density at radius 1 is 1.30 bits per heavy atom. The zero-order valence-corrected chi connectivity index (χ0v) is 6.11. The Bertz CT molecular complexity index is 233. The largest absolute Gasteiger partial charge is 0.224 e. The molecule has 1 nitrogen and oxygen atoms in total. The van der Waals surface area contributed by atoms with Crippen molar-refractivity contribution in [3.63, 3.8) is 0 Å². The highest BCUT2D eigenvalue weighted by molar-refractivity contribution is 5.50. The van der Waals surface area contributed by atoms with Gasteiger partial charge in [-0.3, -0.25) is 0 Å². The van der Waals surface area contributed by atoms with Crippen molar-refractivity contribution in [3.05, 3.63) is 29.3 Å². The summed E-state index contributed by atoms with van der Waals surface area (Å²) in [6, 6.07) is 5.61. The summed E-state index contributed by atoms with van der Waals surface area (Å²) in [7, 11) is 0. The van der Waals surface area contributed by atoms with E-state index in [0.29, 0.717) is 5.69 Å². The van der Waals surface area contributed by atoms with E-state index in [1.165, 1.54) is 0 Å². The Morgan fingerprint density at radius 2 is 2.00 bits per heavy atom. The van der Waals surface area contributed by atoms with Crippen molar-refractivity contribution in [3.8, 4) is 0 Å². The molecule has 0 aromatic heterocycles. The van der Waals surface area contributed by atoms with Crippen molar-refractivity contribution in [2.45, 2.75) is 13.8 Å². The van der Waals surface area contributed by atoms with Crippen LogP contribution in [0.25, 0.3) is 0 Å². The lowest BCUT2D eigenvalue weighted by atomic mass is 10.1. The molecule has 1 aromatic carbocycles. The molecule has 10 heavy (non-hydrogen) atoms. The number of rotatable bonds is 1. The summed E-state index contributed by atoms with van der Waals surface area (Å²) in [5, 5.41) is 0. The van der Waals surface area contributed by atoms with E-state index in [2.05, 4.69) is 0 Å². The number of aryl methyl sites for hydroxylation is 2. The number of halogens is 1. The van der Waals surface area contributed by atoms with Gasteiger partial charge in [0, 0.05) is 0 Å². The van der Waals surface area contributed by atoms with Crippen molar-refractivity contribution >= 4 is 5.69 Å². The third-order valence-electron chi connectivity index (χ3n) is 1.49. The maximum Gasteiger partial charge on any atom is 0.0687 e. The van der Waals surface area contributed by atoms with Gasteiger partial charge in [-0.1, -0.05) is 12.1 Å². The van der Waals surface area contributed by atoms with Gasteiger partial charge in [-0.15, -0.1) is 4.48 Å². The van der Waals surface area contributed by atoms with Crippen LogP contribution in [0, 0.1) is 13.8 Å². The number of benzene rings is 1. The fourth-order valence-electron chi connectivity index (χ4n) is 0.838. The lowest BCUT2D eigenvalue weighted by Gasteiger charge is -2.01. The van der Waals surface area contributed by atoms with E-state index in [0.717, 1.165) is 11.1 Å². The van der Waals surface area contributed by atoms with Crippen LogP contribution in [0.1, 0.15) is 11.1 Å². The first-order valence-corrected chi connectivity index (χ1v) is 3.18. The summed E-state index contributed by atoms with van der Waals surface area (Å²) in [5.41, 5.74) is 4.18. The molecule has 0 heterocycles. The summed E-state index contributed by atoms with van der Waals surface area (Å²) in [6.07, 6.45) is 0. The summed E-state index contributed by atoms with van der Waals surface area (Å²) < 4.78 is 11.9. The number of hydrogen-bond acceptors (Lipinski definition) is 1. The van der Waals surface area contributed by atoms with Gasteiger partial charge in [-0.05, 0) is 31.0 Å². The van der Waals surface area contributed by atoms with E-state index in [1.54, 1.807) is 11.6 Å². The molecule has 0 saturated heterocycles. The molecule has 1 aromatic rings. The minimum absolute atomic E-state index is 0.556. The molecule has 0 atom stereocenters. The zero-order chi connectivity index (χ0) is 7.56. The molecule has 54 valence electrons. The normalized spacial score (nSPS) is 9.50. The Balaban J connectivity index is 3.09. The maximum absolute atomic E-state index is 11.9. The fraction of sp³-hybridized carbons (Fsp3) is 0.250. The van der Waals surface area contributed by atoms with Crippen LogP contribution >= 0.6 is 0 Å². The van der Waals surface area contributed by atoms with Gasteiger partial charge in [0.2, 0.25) is 0 Å². The Labute approximate surface area is 59.8 Å². The van der Waals surface area contributed by atoms with Gasteiger partial charge in [-0.2, -0.15) is 0 Å². The fourth-order valence-corrected chi connectivity index (χ4v) is 0.838. The Hall–Kier alpha value is -1.05. The van der Waals surface area contributed by atoms with Crippen molar-refractivity contribution in [2.24, 2.45) is 0 Å². The average molecular weight is 139 g/mol. The minimum Gasteiger partial charge on any atom is -0.224 e. The van der Waals surface area contributed by atoms with Crippen molar-refractivity contribution in [1.82, 2.24) is 0 Å². The number of nitrogens with one attached hydrogen (secondary N) is 1. The molecule has 0 radical (unpaired) electrons. The van der Waals surface area contributed by atoms with E-state index in [-0.39, 0.29) is 0 Å². The number of hydrogen-bond donors (Lipinski definition) is 1. The van der Waals surface area contributed by atoms with Crippen LogP contribution in [0.15, 0.2) is 18.2 Å². The molecule has 0 fully saturated rings. The van der Waals surface area contributed by atoms with Gasteiger partial charge in [-0.25, -0.2) is 5.54 Å². The van der Waals surface area contributed by atoms with E-state index in [4.69, 9.17) is 0 Å². The summed E-state index contributed by atoms with van der Waals surface area (Å²) in [6.45, 7) is 3.79. The zero-order valence-electron chi connectivity index (χ0n) is 6.11. The molecule has 0 aliphatic carbocycles. The maximum atomic E-state index is 11.9. The lowest BCUT2D eigenvalue weighted by molar-refractivity contribution is 0.616. The van der Waals surface area contributed by atoms with Gasteiger partial charge in [0.25, 0.3) is 0 Å². The van der Waals surface area contributed by atoms with E-state index in [1.807, 2.05) is 26.0 Å². The lowest BCUT2D eigenvalue weighted by Crippen LogP contribution is -1.86. The van der Waals surface area contributed by atoms with E-state index in [9.17, 15) is 4.48 Å².